The predicted molar refractivity (Wildman–Crippen MR) is 72.4 cm³/mol. The van der Waals surface area contributed by atoms with Gasteiger partial charge in [-0.05, 0) is 6.42 Å². The zero-order chi connectivity index (χ0) is 14.4. The molecule has 2 heterocycles. The summed E-state index contributed by atoms with van der Waals surface area (Å²) in [4.78, 5) is 28.7. The molecule has 20 heavy (non-hydrogen) atoms. The van der Waals surface area contributed by atoms with E-state index < -0.39 is 0 Å². The number of rotatable bonds is 6. The number of morpholine rings is 1. The molecule has 0 atom stereocenters. The summed E-state index contributed by atoms with van der Waals surface area (Å²) < 4.78 is 10.1. The number of amides is 2. The fourth-order valence-electron chi connectivity index (χ4n) is 2.33. The molecule has 0 radical (unpaired) electrons. The number of carbonyl (C=O) groups is 2. The van der Waals surface area contributed by atoms with E-state index in [0.717, 1.165) is 39.3 Å². The maximum absolute atomic E-state index is 12.0. The van der Waals surface area contributed by atoms with E-state index in [9.17, 15) is 9.59 Å². The average Bonchev–Trinajstić information content (AvgIpc) is 2.85. The largest absolute Gasteiger partial charge is 0.448 e. The lowest BCUT2D eigenvalue weighted by Crippen LogP contribution is -2.41. The van der Waals surface area contributed by atoms with E-state index in [1.54, 1.807) is 11.9 Å². The standard InChI is InChI=1S/C13H23N3O4/c1-14(3-2-4-15-5-8-19-9-6-15)12(17)11-16-7-10-20-13(16)18/h2-11H2,1H3. The molecule has 7 nitrogen and oxygen atoms in total. The quantitative estimate of drug-likeness (QED) is 0.666. The van der Waals surface area contributed by atoms with Crippen LogP contribution in [0, 0.1) is 0 Å². The third-order valence-electron chi connectivity index (χ3n) is 3.67. The predicted octanol–water partition coefficient (Wildman–Crippen LogP) is -0.381. The lowest BCUT2D eigenvalue weighted by Gasteiger charge is -2.27. The number of hydrogen-bond acceptors (Lipinski definition) is 5. The molecule has 114 valence electrons. The third-order valence-corrected chi connectivity index (χ3v) is 3.67. The van der Waals surface area contributed by atoms with Crippen molar-refractivity contribution in [2.75, 3.05) is 66.1 Å². The van der Waals surface area contributed by atoms with Crippen molar-refractivity contribution >= 4 is 12.0 Å². The summed E-state index contributed by atoms with van der Waals surface area (Å²) in [6.45, 7) is 6.23. The van der Waals surface area contributed by atoms with Crippen molar-refractivity contribution < 1.29 is 19.1 Å². The summed E-state index contributed by atoms with van der Waals surface area (Å²) in [5.41, 5.74) is 0. The summed E-state index contributed by atoms with van der Waals surface area (Å²) in [6, 6.07) is 0. The monoisotopic (exact) mass is 285 g/mol. The molecule has 2 aliphatic heterocycles. The van der Waals surface area contributed by atoms with Crippen LogP contribution in [0.3, 0.4) is 0 Å². The molecule has 0 aromatic carbocycles. The smallest absolute Gasteiger partial charge is 0.410 e. The van der Waals surface area contributed by atoms with Gasteiger partial charge >= 0.3 is 6.09 Å². The fraction of sp³-hybridized carbons (Fsp3) is 0.846. The maximum atomic E-state index is 12.0. The number of hydrogen-bond donors (Lipinski definition) is 0. The van der Waals surface area contributed by atoms with Crippen LogP contribution in [0.15, 0.2) is 0 Å². The number of carbonyl (C=O) groups excluding carboxylic acids is 2. The molecule has 0 saturated carbocycles. The normalized spacial score (nSPS) is 20.1. The van der Waals surface area contributed by atoms with E-state index >= 15 is 0 Å². The van der Waals surface area contributed by atoms with Gasteiger partial charge in [0.15, 0.2) is 0 Å². The Bertz CT molecular complexity index is 345. The Labute approximate surface area is 119 Å². The van der Waals surface area contributed by atoms with E-state index in [1.165, 1.54) is 4.90 Å². The summed E-state index contributed by atoms with van der Waals surface area (Å²) in [7, 11) is 1.78. The van der Waals surface area contributed by atoms with Crippen LogP contribution in [-0.4, -0.2) is 92.8 Å². The molecule has 0 spiro atoms. The summed E-state index contributed by atoms with van der Waals surface area (Å²) in [5.74, 6) is -0.0363. The van der Waals surface area contributed by atoms with Crippen LogP contribution in [0.4, 0.5) is 4.79 Å². The van der Waals surface area contributed by atoms with Gasteiger partial charge in [0.25, 0.3) is 0 Å². The van der Waals surface area contributed by atoms with Crippen molar-refractivity contribution in [3.8, 4) is 0 Å². The Morgan fingerprint density at radius 2 is 2.00 bits per heavy atom. The van der Waals surface area contributed by atoms with Crippen LogP contribution in [0.2, 0.25) is 0 Å². The van der Waals surface area contributed by atoms with Gasteiger partial charge in [0.2, 0.25) is 5.91 Å². The molecule has 2 saturated heterocycles. The summed E-state index contributed by atoms with van der Waals surface area (Å²) >= 11 is 0. The first-order chi connectivity index (χ1) is 9.66. The highest BCUT2D eigenvalue weighted by molar-refractivity contribution is 5.82. The molecule has 7 heteroatoms. The molecular formula is C13H23N3O4. The van der Waals surface area contributed by atoms with Gasteiger partial charge in [0.05, 0.1) is 19.8 Å². The minimum absolute atomic E-state index is 0.0363. The molecular weight excluding hydrogens is 262 g/mol. The van der Waals surface area contributed by atoms with Gasteiger partial charge in [-0.1, -0.05) is 0 Å². The van der Waals surface area contributed by atoms with Gasteiger partial charge in [0, 0.05) is 33.2 Å². The first-order valence-corrected chi connectivity index (χ1v) is 7.12. The number of nitrogens with zero attached hydrogens (tertiary/aromatic N) is 3. The Hall–Kier alpha value is -1.34. The minimum atomic E-state index is -0.389. The Morgan fingerprint density at radius 1 is 1.25 bits per heavy atom. The Morgan fingerprint density at radius 3 is 2.65 bits per heavy atom. The number of likely N-dealkylation sites (N-methyl/N-ethyl adjacent to an activating group) is 1. The number of cyclic esters (lactones) is 1. The lowest BCUT2D eigenvalue weighted by atomic mass is 10.3. The molecule has 2 amide bonds. The molecule has 2 rings (SSSR count). The summed E-state index contributed by atoms with van der Waals surface area (Å²) in [6.07, 6.45) is 0.548. The Balaban J connectivity index is 1.62. The first kappa shape index (κ1) is 15.1. The number of ether oxygens (including phenoxy) is 2. The molecule has 0 aliphatic carbocycles. The maximum Gasteiger partial charge on any atom is 0.410 e. The SMILES string of the molecule is CN(CCCN1CCOCC1)C(=O)CN1CCOC1=O. The topological polar surface area (TPSA) is 62.3 Å². The fourth-order valence-corrected chi connectivity index (χ4v) is 2.33. The molecule has 0 unspecified atom stereocenters. The summed E-state index contributed by atoms with van der Waals surface area (Å²) in [5, 5.41) is 0. The van der Waals surface area contributed by atoms with E-state index in [4.69, 9.17) is 9.47 Å². The zero-order valence-electron chi connectivity index (χ0n) is 12.0. The molecule has 2 aliphatic rings. The van der Waals surface area contributed by atoms with Gasteiger partial charge in [-0.2, -0.15) is 0 Å². The van der Waals surface area contributed by atoms with Gasteiger partial charge in [-0.3, -0.25) is 14.6 Å². The van der Waals surface area contributed by atoms with Gasteiger partial charge in [-0.25, -0.2) is 4.79 Å². The zero-order valence-corrected chi connectivity index (χ0v) is 12.0. The second kappa shape index (κ2) is 7.44. The highest BCUT2D eigenvalue weighted by Gasteiger charge is 2.25. The second-order valence-corrected chi connectivity index (χ2v) is 5.16. The second-order valence-electron chi connectivity index (χ2n) is 5.16. The minimum Gasteiger partial charge on any atom is -0.448 e. The van der Waals surface area contributed by atoms with E-state index in [1.807, 2.05) is 0 Å². The highest BCUT2D eigenvalue weighted by atomic mass is 16.6. The van der Waals surface area contributed by atoms with Crippen molar-refractivity contribution in [2.45, 2.75) is 6.42 Å². The van der Waals surface area contributed by atoms with Crippen LogP contribution in [0.5, 0.6) is 0 Å². The van der Waals surface area contributed by atoms with Crippen LogP contribution >= 0.6 is 0 Å². The van der Waals surface area contributed by atoms with Gasteiger partial charge < -0.3 is 14.4 Å². The Kier molecular flexibility index (Phi) is 5.60. The van der Waals surface area contributed by atoms with Crippen LogP contribution in [0.25, 0.3) is 0 Å². The van der Waals surface area contributed by atoms with Crippen molar-refractivity contribution in [1.29, 1.82) is 0 Å². The van der Waals surface area contributed by atoms with E-state index in [0.29, 0.717) is 19.7 Å². The van der Waals surface area contributed by atoms with Gasteiger partial charge in [-0.15, -0.1) is 0 Å². The van der Waals surface area contributed by atoms with Crippen molar-refractivity contribution in [2.24, 2.45) is 0 Å². The molecule has 0 aromatic rings. The van der Waals surface area contributed by atoms with Crippen molar-refractivity contribution in [3.63, 3.8) is 0 Å². The van der Waals surface area contributed by atoms with Crippen molar-refractivity contribution in [1.82, 2.24) is 14.7 Å². The van der Waals surface area contributed by atoms with E-state index in [2.05, 4.69) is 4.90 Å². The lowest BCUT2D eigenvalue weighted by molar-refractivity contribution is -0.130. The van der Waals surface area contributed by atoms with Crippen LogP contribution in [-0.2, 0) is 14.3 Å². The van der Waals surface area contributed by atoms with Crippen LogP contribution in [0.1, 0.15) is 6.42 Å². The average molecular weight is 285 g/mol. The third kappa shape index (κ3) is 4.35. The van der Waals surface area contributed by atoms with Crippen LogP contribution < -0.4 is 0 Å². The molecule has 0 N–H and O–H groups in total. The molecule has 2 fully saturated rings. The molecule has 0 aromatic heterocycles. The van der Waals surface area contributed by atoms with Crippen molar-refractivity contribution in [3.05, 3.63) is 0 Å². The molecule has 0 bridgehead atoms. The van der Waals surface area contributed by atoms with E-state index in [-0.39, 0.29) is 18.5 Å². The highest BCUT2D eigenvalue weighted by Crippen LogP contribution is 2.04. The van der Waals surface area contributed by atoms with Gasteiger partial charge in [0.1, 0.15) is 13.2 Å². The first-order valence-electron chi connectivity index (χ1n) is 7.12.